The Hall–Kier alpha value is -0.840. The molecule has 2 heterocycles. The summed E-state index contributed by atoms with van der Waals surface area (Å²) in [4.78, 5) is 18.7. The average Bonchev–Trinajstić information content (AvgIpc) is 2.54. The van der Waals surface area contributed by atoms with E-state index in [1.54, 1.807) is 6.20 Å². The van der Waals surface area contributed by atoms with Crippen molar-refractivity contribution in [1.82, 2.24) is 15.2 Å². The standard InChI is InChI=1S/C17H27N3O.2ClH/c1-3-20(13-16-8-4-5-10-19-16)17(21)11-14(2)15-7-6-9-18-12-15;;/h4-5,8,10,14-15,18H,3,6-7,9,11-13H2,1-2H3;2*1H. The molecule has 1 aromatic rings. The van der Waals surface area contributed by atoms with Crippen molar-refractivity contribution >= 4 is 30.7 Å². The van der Waals surface area contributed by atoms with E-state index in [1.165, 1.54) is 12.8 Å². The van der Waals surface area contributed by atoms with E-state index in [0.29, 0.717) is 24.8 Å². The van der Waals surface area contributed by atoms with Crippen molar-refractivity contribution in [3.05, 3.63) is 30.1 Å². The lowest BCUT2D eigenvalue weighted by atomic mass is 9.85. The van der Waals surface area contributed by atoms with Crippen LogP contribution < -0.4 is 5.32 Å². The molecular formula is C17H29Cl2N3O. The quantitative estimate of drug-likeness (QED) is 0.845. The molecule has 2 unspecified atom stereocenters. The second-order valence-corrected chi connectivity index (χ2v) is 6.02. The molecule has 0 aromatic carbocycles. The summed E-state index contributed by atoms with van der Waals surface area (Å²) >= 11 is 0. The molecule has 1 aliphatic heterocycles. The number of halogens is 2. The van der Waals surface area contributed by atoms with Crippen LogP contribution in [0.1, 0.15) is 38.8 Å². The number of carbonyl (C=O) groups is 1. The van der Waals surface area contributed by atoms with Crippen molar-refractivity contribution in [3.8, 4) is 0 Å². The Morgan fingerprint density at radius 3 is 2.78 bits per heavy atom. The molecule has 132 valence electrons. The lowest BCUT2D eigenvalue weighted by molar-refractivity contribution is -0.133. The van der Waals surface area contributed by atoms with Gasteiger partial charge in [-0.1, -0.05) is 13.0 Å². The molecule has 0 saturated carbocycles. The molecule has 1 amide bonds. The van der Waals surface area contributed by atoms with Gasteiger partial charge in [0, 0.05) is 19.2 Å². The van der Waals surface area contributed by atoms with Crippen LogP contribution in [0, 0.1) is 11.8 Å². The summed E-state index contributed by atoms with van der Waals surface area (Å²) in [5.41, 5.74) is 0.958. The Morgan fingerprint density at radius 2 is 2.22 bits per heavy atom. The van der Waals surface area contributed by atoms with E-state index in [0.717, 1.165) is 25.3 Å². The summed E-state index contributed by atoms with van der Waals surface area (Å²) < 4.78 is 0. The zero-order valence-electron chi connectivity index (χ0n) is 14.0. The molecule has 1 N–H and O–H groups in total. The summed E-state index contributed by atoms with van der Waals surface area (Å²) in [7, 11) is 0. The van der Waals surface area contributed by atoms with E-state index in [2.05, 4.69) is 17.2 Å². The van der Waals surface area contributed by atoms with Crippen LogP contribution in [0.3, 0.4) is 0 Å². The topological polar surface area (TPSA) is 45.2 Å². The summed E-state index contributed by atoms with van der Waals surface area (Å²) in [6.45, 7) is 7.79. The number of nitrogens with one attached hydrogen (secondary N) is 1. The minimum absolute atomic E-state index is 0. The van der Waals surface area contributed by atoms with Crippen LogP contribution in [0.4, 0.5) is 0 Å². The fourth-order valence-electron chi connectivity index (χ4n) is 3.00. The van der Waals surface area contributed by atoms with Crippen LogP contribution in [0.15, 0.2) is 24.4 Å². The van der Waals surface area contributed by atoms with E-state index in [4.69, 9.17) is 0 Å². The average molecular weight is 362 g/mol. The first kappa shape index (κ1) is 22.2. The smallest absolute Gasteiger partial charge is 0.223 e. The molecule has 2 rings (SSSR count). The monoisotopic (exact) mass is 361 g/mol. The first-order chi connectivity index (χ1) is 10.2. The van der Waals surface area contributed by atoms with Gasteiger partial charge in [-0.3, -0.25) is 9.78 Å². The minimum Gasteiger partial charge on any atom is -0.337 e. The molecular weight excluding hydrogens is 333 g/mol. The Labute approximate surface area is 152 Å². The van der Waals surface area contributed by atoms with Gasteiger partial charge >= 0.3 is 0 Å². The van der Waals surface area contributed by atoms with Crippen LogP contribution in [-0.4, -0.2) is 35.4 Å². The lowest BCUT2D eigenvalue weighted by Crippen LogP contribution is -2.37. The van der Waals surface area contributed by atoms with E-state index in [-0.39, 0.29) is 30.7 Å². The van der Waals surface area contributed by atoms with Gasteiger partial charge in [-0.25, -0.2) is 0 Å². The predicted molar refractivity (Wildman–Crippen MR) is 99.2 cm³/mol. The number of nitrogens with zero attached hydrogens (tertiary/aromatic N) is 2. The number of pyridine rings is 1. The highest BCUT2D eigenvalue weighted by atomic mass is 35.5. The maximum atomic E-state index is 12.5. The fraction of sp³-hybridized carbons (Fsp3) is 0.647. The Bertz CT molecular complexity index is 439. The van der Waals surface area contributed by atoms with Gasteiger partial charge < -0.3 is 10.2 Å². The normalized spacial score (nSPS) is 18.3. The maximum absolute atomic E-state index is 12.5. The molecule has 23 heavy (non-hydrogen) atoms. The number of hydrogen-bond donors (Lipinski definition) is 1. The summed E-state index contributed by atoms with van der Waals surface area (Å²) in [5, 5.41) is 3.44. The molecule has 4 nitrogen and oxygen atoms in total. The van der Waals surface area contributed by atoms with Gasteiger partial charge in [0.1, 0.15) is 0 Å². The SMILES string of the molecule is CCN(Cc1ccccn1)C(=O)CC(C)C1CCCNC1.Cl.Cl. The van der Waals surface area contributed by atoms with Crippen LogP contribution >= 0.6 is 24.8 Å². The number of hydrogen-bond acceptors (Lipinski definition) is 3. The summed E-state index contributed by atoms with van der Waals surface area (Å²) in [6, 6.07) is 5.85. The lowest BCUT2D eigenvalue weighted by Gasteiger charge is -2.30. The van der Waals surface area contributed by atoms with Crippen molar-refractivity contribution in [1.29, 1.82) is 0 Å². The van der Waals surface area contributed by atoms with Crippen LogP contribution in [0.5, 0.6) is 0 Å². The van der Waals surface area contributed by atoms with E-state index < -0.39 is 0 Å². The zero-order chi connectivity index (χ0) is 15.1. The van der Waals surface area contributed by atoms with E-state index in [9.17, 15) is 4.79 Å². The second-order valence-electron chi connectivity index (χ2n) is 6.02. The number of carbonyl (C=O) groups excluding carboxylic acids is 1. The predicted octanol–water partition coefficient (Wildman–Crippen LogP) is 3.30. The van der Waals surface area contributed by atoms with Crippen LogP contribution in [0.25, 0.3) is 0 Å². The van der Waals surface area contributed by atoms with E-state index >= 15 is 0 Å². The molecule has 1 fully saturated rings. The molecule has 1 aliphatic rings. The van der Waals surface area contributed by atoms with Crippen molar-refractivity contribution in [3.63, 3.8) is 0 Å². The van der Waals surface area contributed by atoms with Gasteiger partial charge in [-0.2, -0.15) is 0 Å². The number of amides is 1. The Kier molecular flexibility index (Phi) is 11.2. The van der Waals surface area contributed by atoms with Crippen LogP contribution in [-0.2, 0) is 11.3 Å². The summed E-state index contributed by atoms with van der Waals surface area (Å²) in [5.74, 6) is 1.33. The van der Waals surface area contributed by atoms with Gasteiger partial charge in [0.2, 0.25) is 5.91 Å². The number of aromatic nitrogens is 1. The van der Waals surface area contributed by atoms with E-state index in [1.807, 2.05) is 30.0 Å². The molecule has 1 saturated heterocycles. The molecule has 0 aliphatic carbocycles. The minimum atomic E-state index is 0. The zero-order valence-corrected chi connectivity index (χ0v) is 15.7. The highest BCUT2D eigenvalue weighted by Crippen LogP contribution is 2.23. The molecule has 0 radical (unpaired) electrons. The third-order valence-corrected chi connectivity index (χ3v) is 4.45. The van der Waals surface area contributed by atoms with Gasteiger partial charge in [-0.05, 0) is 56.8 Å². The molecule has 2 atom stereocenters. The highest BCUT2D eigenvalue weighted by molar-refractivity contribution is 5.85. The number of piperidine rings is 1. The van der Waals surface area contributed by atoms with Gasteiger partial charge in [0.05, 0.1) is 12.2 Å². The van der Waals surface area contributed by atoms with Crippen LogP contribution in [0.2, 0.25) is 0 Å². The van der Waals surface area contributed by atoms with Crippen molar-refractivity contribution in [2.24, 2.45) is 11.8 Å². The fourth-order valence-corrected chi connectivity index (χ4v) is 3.00. The molecule has 6 heteroatoms. The van der Waals surface area contributed by atoms with Gasteiger partial charge in [-0.15, -0.1) is 24.8 Å². The highest BCUT2D eigenvalue weighted by Gasteiger charge is 2.24. The van der Waals surface area contributed by atoms with Gasteiger partial charge in [0.15, 0.2) is 0 Å². The van der Waals surface area contributed by atoms with Crippen molar-refractivity contribution in [2.75, 3.05) is 19.6 Å². The first-order valence-corrected chi connectivity index (χ1v) is 8.09. The largest absolute Gasteiger partial charge is 0.337 e. The second kappa shape index (κ2) is 11.7. The molecule has 0 spiro atoms. The summed E-state index contributed by atoms with van der Waals surface area (Å²) in [6.07, 6.45) is 4.90. The van der Waals surface area contributed by atoms with Crippen molar-refractivity contribution < 1.29 is 4.79 Å². The Morgan fingerprint density at radius 1 is 1.43 bits per heavy atom. The number of rotatable bonds is 6. The Balaban J connectivity index is 0.00000242. The third-order valence-electron chi connectivity index (χ3n) is 4.45. The molecule has 0 bridgehead atoms. The third kappa shape index (κ3) is 7.06. The first-order valence-electron chi connectivity index (χ1n) is 8.09. The maximum Gasteiger partial charge on any atom is 0.223 e. The molecule has 1 aromatic heterocycles. The van der Waals surface area contributed by atoms with Crippen molar-refractivity contribution in [2.45, 2.75) is 39.7 Å². The van der Waals surface area contributed by atoms with Gasteiger partial charge in [0.25, 0.3) is 0 Å².